The lowest BCUT2D eigenvalue weighted by Gasteiger charge is -2.29. The molecule has 0 aliphatic carbocycles. The zero-order valence-corrected chi connectivity index (χ0v) is 14.2. The molecule has 3 aliphatic rings. The Bertz CT molecular complexity index is 705. The Kier molecular flexibility index (Phi) is 4.21. The largest absolute Gasteiger partial charge is 0.458 e. The minimum absolute atomic E-state index is 0.184. The van der Waals surface area contributed by atoms with Crippen molar-refractivity contribution >= 4 is 11.9 Å². The number of rotatable bonds is 2. The molecule has 0 aromatic heterocycles. The lowest BCUT2D eigenvalue weighted by molar-refractivity contribution is -0.209. The number of hydrogen-bond acceptors (Lipinski definition) is 6. The van der Waals surface area contributed by atoms with Crippen LogP contribution in [-0.4, -0.2) is 41.1 Å². The van der Waals surface area contributed by atoms with Gasteiger partial charge in [0, 0.05) is 30.4 Å². The van der Waals surface area contributed by atoms with Gasteiger partial charge in [-0.15, -0.1) is 0 Å². The number of carbonyl (C=O) groups excluding carboxylic acids is 2. The van der Waals surface area contributed by atoms with Gasteiger partial charge < -0.3 is 19.3 Å². The topological polar surface area (TPSA) is 82.1 Å². The van der Waals surface area contributed by atoms with Crippen molar-refractivity contribution in [2.45, 2.75) is 50.3 Å². The maximum atomic E-state index is 12.1. The fourth-order valence-electron chi connectivity index (χ4n) is 3.74. The van der Waals surface area contributed by atoms with E-state index in [0.717, 1.165) is 0 Å². The minimum atomic E-state index is -1.44. The highest BCUT2D eigenvalue weighted by molar-refractivity contribution is 5.91. The number of ether oxygens (including phenoxy) is 3. The Morgan fingerprint density at radius 1 is 1.32 bits per heavy atom. The first-order valence-electron chi connectivity index (χ1n) is 8.12. The van der Waals surface area contributed by atoms with Crippen LogP contribution in [0.4, 0.5) is 0 Å². The summed E-state index contributed by atoms with van der Waals surface area (Å²) >= 11 is 0. The van der Waals surface area contributed by atoms with Crippen molar-refractivity contribution in [1.29, 1.82) is 0 Å². The van der Waals surface area contributed by atoms with E-state index in [9.17, 15) is 14.7 Å². The number of carbonyl (C=O) groups is 2. The molecule has 3 rings (SSSR count). The van der Waals surface area contributed by atoms with Crippen LogP contribution in [0.2, 0.25) is 0 Å². The Morgan fingerprint density at radius 2 is 2.00 bits per heavy atom. The molecule has 1 N–H and O–H groups in total. The second-order valence-electron chi connectivity index (χ2n) is 7.10. The van der Waals surface area contributed by atoms with Crippen LogP contribution in [0.1, 0.15) is 26.2 Å². The Balaban J connectivity index is 2.01. The summed E-state index contributed by atoms with van der Waals surface area (Å²) < 4.78 is 16.8. The van der Waals surface area contributed by atoms with Crippen LogP contribution < -0.4 is 0 Å². The number of fused-ring (bicyclic) bond motifs is 4. The van der Waals surface area contributed by atoms with Gasteiger partial charge in [-0.1, -0.05) is 31.9 Å². The van der Waals surface area contributed by atoms with Crippen molar-refractivity contribution in [3.8, 4) is 0 Å². The van der Waals surface area contributed by atoms with Crippen LogP contribution in [0.5, 0.6) is 0 Å². The van der Waals surface area contributed by atoms with Crippen LogP contribution in [0.15, 0.2) is 48.6 Å². The van der Waals surface area contributed by atoms with E-state index in [-0.39, 0.29) is 30.4 Å². The van der Waals surface area contributed by atoms with Gasteiger partial charge in [0.25, 0.3) is 0 Å². The minimum Gasteiger partial charge on any atom is -0.458 e. The highest BCUT2D eigenvalue weighted by Crippen LogP contribution is 2.47. The lowest BCUT2D eigenvalue weighted by Crippen LogP contribution is -2.40. The quantitative estimate of drug-likeness (QED) is 0.468. The van der Waals surface area contributed by atoms with Gasteiger partial charge in [-0.25, -0.2) is 9.59 Å². The van der Waals surface area contributed by atoms with Gasteiger partial charge in [0.15, 0.2) is 5.79 Å². The van der Waals surface area contributed by atoms with Crippen molar-refractivity contribution < 1.29 is 28.9 Å². The molecule has 0 saturated carbocycles. The number of aliphatic hydroxyl groups is 1. The second-order valence-corrected chi connectivity index (χ2v) is 7.10. The van der Waals surface area contributed by atoms with Crippen LogP contribution in [0.25, 0.3) is 0 Å². The fraction of sp³-hybridized carbons (Fsp3) is 0.474. The van der Waals surface area contributed by atoms with Crippen molar-refractivity contribution in [2.75, 3.05) is 0 Å². The van der Waals surface area contributed by atoms with E-state index in [2.05, 4.69) is 26.3 Å². The molecule has 3 heterocycles. The first-order valence-corrected chi connectivity index (χ1v) is 8.12. The Labute approximate surface area is 146 Å². The third kappa shape index (κ3) is 3.07. The smallest absolute Gasteiger partial charge is 0.334 e. The molecule has 0 aromatic rings. The van der Waals surface area contributed by atoms with Crippen LogP contribution >= 0.6 is 0 Å². The zero-order valence-electron chi connectivity index (χ0n) is 14.2. The summed E-state index contributed by atoms with van der Waals surface area (Å²) in [6.07, 6.45) is -1.46. The highest BCUT2D eigenvalue weighted by atomic mass is 16.7. The van der Waals surface area contributed by atoms with E-state index in [1.165, 1.54) is 0 Å². The molecule has 134 valence electrons. The Morgan fingerprint density at radius 3 is 2.64 bits per heavy atom. The molecule has 0 spiro atoms. The van der Waals surface area contributed by atoms with E-state index >= 15 is 0 Å². The van der Waals surface area contributed by atoms with Crippen LogP contribution in [-0.2, 0) is 23.8 Å². The maximum Gasteiger partial charge on any atom is 0.334 e. The molecule has 0 aromatic carbocycles. The molecule has 25 heavy (non-hydrogen) atoms. The molecular formula is C19H22O6. The summed E-state index contributed by atoms with van der Waals surface area (Å²) in [7, 11) is 0. The molecule has 3 fully saturated rings. The predicted octanol–water partition coefficient (Wildman–Crippen LogP) is 1.96. The molecule has 0 unspecified atom stereocenters. The van der Waals surface area contributed by atoms with Crippen LogP contribution in [0, 0.1) is 5.92 Å². The average molecular weight is 346 g/mol. The molecular weight excluding hydrogens is 324 g/mol. The van der Waals surface area contributed by atoms with Gasteiger partial charge in [-0.05, 0) is 12.5 Å². The summed E-state index contributed by atoms with van der Waals surface area (Å²) in [4.78, 5) is 24.2. The third-order valence-electron chi connectivity index (χ3n) is 4.84. The van der Waals surface area contributed by atoms with Gasteiger partial charge in [-0.2, -0.15) is 0 Å². The summed E-state index contributed by atoms with van der Waals surface area (Å²) in [6, 6.07) is 0. The Hall–Kier alpha value is -2.18. The molecule has 2 bridgehead atoms. The monoisotopic (exact) mass is 346 g/mol. The molecule has 0 radical (unpaired) electrons. The summed E-state index contributed by atoms with van der Waals surface area (Å²) in [5, 5.41) is 10.7. The number of hydrogen-bond donors (Lipinski definition) is 1. The standard InChI is InChI=1S/C19H22O6/c1-9(2)17(20)23-13-6-10(3)7-19(22)8-11(4)15(25-19)16-14(13)12(5)18(21)24-16/h13-16,22H,1,3-8H2,2H3/t13-,14+,15-,16-,19+/m0/s1. The molecule has 5 atom stereocenters. The van der Waals surface area contributed by atoms with Crippen molar-refractivity contribution in [3.05, 3.63) is 48.6 Å². The highest BCUT2D eigenvalue weighted by Gasteiger charge is 2.55. The first-order chi connectivity index (χ1) is 11.6. The van der Waals surface area contributed by atoms with Gasteiger partial charge in [-0.3, -0.25) is 0 Å². The van der Waals surface area contributed by atoms with Gasteiger partial charge in [0.1, 0.15) is 18.3 Å². The third-order valence-corrected chi connectivity index (χ3v) is 4.84. The van der Waals surface area contributed by atoms with Gasteiger partial charge >= 0.3 is 11.9 Å². The maximum absolute atomic E-state index is 12.1. The summed E-state index contributed by atoms with van der Waals surface area (Å²) in [5.41, 5.74) is 1.73. The van der Waals surface area contributed by atoms with Gasteiger partial charge in [0.2, 0.25) is 0 Å². The van der Waals surface area contributed by atoms with Crippen molar-refractivity contribution in [2.24, 2.45) is 5.92 Å². The normalized spacial score (nSPS) is 37.7. The lowest BCUT2D eigenvalue weighted by atomic mass is 9.82. The van der Waals surface area contributed by atoms with Crippen LogP contribution in [0.3, 0.4) is 0 Å². The van der Waals surface area contributed by atoms with Gasteiger partial charge in [0.05, 0.1) is 5.92 Å². The SMILES string of the molecule is C=C1C[C@H](OC(=O)C(=C)C)[C@H]2C(=C)C(=O)O[C@@H]2[C@H]2O[C@](O)(C1)CC2=C. The average Bonchev–Trinajstić information content (AvgIpc) is 2.95. The van der Waals surface area contributed by atoms with E-state index in [1.807, 2.05) is 0 Å². The summed E-state index contributed by atoms with van der Waals surface area (Å²) in [6.45, 7) is 16.9. The molecule has 3 saturated heterocycles. The predicted molar refractivity (Wildman–Crippen MR) is 89.2 cm³/mol. The van der Waals surface area contributed by atoms with Crippen molar-refractivity contribution in [3.63, 3.8) is 0 Å². The molecule has 3 aliphatic heterocycles. The van der Waals surface area contributed by atoms with E-state index < -0.39 is 42.0 Å². The summed E-state index contributed by atoms with van der Waals surface area (Å²) in [5.74, 6) is -3.17. The second kappa shape index (κ2) is 5.97. The van der Waals surface area contributed by atoms with E-state index in [4.69, 9.17) is 14.2 Å². The zero-order chi connectivity index (χ0) is 18.5. The number of esters is 2. The van der Waals surface area contributed by atoms with E-state index in [1.54, 1.807) is 6.92 Å². The molecule has 6 heteroatoms. The fourth-order valence-corrected chi connectivity index (χ4v) is 3.74. The van der Waals surface area contributed by atoms with Crippen molar-refractivity contribution in [1.82, 2.24) is 0 Å². The molecule has 6 nitrogen and oxygen atoms in total. The van der Waals surface area contributed by atoms with E-state index in [0.29, 0.717) is 11.1 Å². The first kappa shape index (κ1) is 17.6. The molecule has 0 amide bonds.